The molecule has 1 saturated heterocycles. The van der Waals surface area contributed by atoms with Gasteiger partial charge >= 0.3 is 18.5 Å². The summed E-state index contributed by atoms with van der Waals surface area (Å²) in [5.41, 5.74) is 0.327. The van der Waals surface area contributed by atoms with Crippen LogP contribution in [0.5, 0.6) is 11.8 Å². The molecular formula is C25H28ClF3N4O7. The van der Waals surface area contributed by atoms with Gasteiger partial charge in [0.15, 0.2) is 0 Å². The number of amides is 2. The molecule has 0 unspecified atom stereocenters. The molecule has 11 nitrogen and oxygen atoms in total. The minimum atomic E-state index is -4.79. The maximum Gasteiger partial charge on any atom is 0.522 e. The number of carbonyl (C=O) groups excluding carboxylic acids is 2. The van der Waals surface area contributed by atoms with Gasteiger partial charge in [-0.15, -0.1) is 18.3 Å². The Morgan fingerprint density at radius 1 is 1.18 bits per heavy atom. The van der Waals surface area contributed by atoms with Gasteiger partial charge in [-0.3, -0.25) is 14.4 Å². The molecule has 1 aromatic carbocycles. The van der Waals surface area contributed by atoms with E-state index in [0.29, 0.717) is 29.2 Å². The van der Waals surface area contributed by atoms with Gasteiger partial charge in [0.2, 0.25) is 5.89 Å². The Hall–Kier alpha value is -3.52. The number of fused-ring (bicyclic) bond motifs is 1. The fourth-order valence-electron chi connectivity index (χ4n) is 4.11. The summed E-state index contributed by atoms with van der Waals surface area (Å²) in [6.45, 7) is 4.03. The lowest BCUT2D eigenvalue weighted by Crippen LogP contribution is -2.52. The Morgan fingerprint density at radius 3 is 2.67 bits per heavy atom. The summed E-state index contributed by atoms with van der Waals surface area (Å²) in [6, 6.07) is 3.98. The summed E-state index contributed by atoms with van der Waals surface area (Å²) >= 11 is 6.00. The van der Waals surface area contributed by atoms with Crippen molar-refractivity contribution in [2.75, 3.05) is 26.4 Å². The van der Waals surface area contributed by atoms with Gasteiger partial charge in [-0.1, -0.05) is 16.7 Å². The van der Waals surface area contributed by atoms with Gasteiger partial charge in [0.1, 0.15) is 30.6 Å². The molecule has 0 spiro atoms. The highest BCUT2D eigenvalue weighted by Gasteiger charge is 2.39. The molecule has 3 heterocycles. The third-order valence-corrected chi connectivity index (χ3v) is 6.04. The number of aromatic nitrogens is 2. The fourth-order valence-corrected chi connectivity index (χ4v) is 4.28. The number of carbonyl (C=O) groups is 2. The zero-order valence-electron chi connectivity index (χ0n) is 21.9. The monoisotopic (exact) mass is 588 g/mol. The van der Waals surface area contributed by atoms with E-state index in [2.05, 4.69) is 20.3 Å². The first-order chi connectivity index (χ1) is 18.8. The zero-order valence-corrected chi connectivity index (χ0v) is 22.7. The quantitative estimate of drug-likeness (QED) is 0.459. The molecule has 4 rings (SSSR count). The second-order valence-electron chi connectivity index (χ2n) is 10.1. The van der Waals surface area contributed by atoms with Crippen molar-refractivity contribution in [1.82, 2.24) is 20.4 Å². The molecule has 2 aromatic rings. The van der Waals surface area contributed by atoms with Crippen molar-refractivity contribution in [3.05, 3.63) is 40.2 Å². The molecule has 0 aliphatic carbocycles. The van der Waals surface area contributed by atoms with E-state index < -0.39 is 43.4 Å². The van der Waals surface area contributed by atoms with E-state index >= 15 is 0 Å². The molecule has 2 amide bonds. The fraction of sp³-hybridized carbons (Fsp3) is 0.520. The normalized spacial score (nSPS) is 19.3. The van der Waals surface area contributed by atoms with Gasteiger partial charge in [-0.2, -0.15) is 0 Å². The third-order valence-electron chi connectivity index (χ3n) is 5.81. The molecule has 218 valence electrons. The summed E-state index contributed by atoms with van der Waals surface area (Å²) in [7, 11) is 0. The number of halogens is 4. The maximum atomic E-state index is 13.1. The van der Waals surface area contributed by atoms with Gasteiger partial charge in [-0.05, 0) is 57.9 Å². The molecular weight excluding hydrogens is 561 g/mol. The van der Waals surface area contributed by atoms with Gasteiger partial charge in [0, 0.05) is 23.2 Å². The zero-order chi connectivity index (χ0) is 29.1. The van der Waals surface area contributed by atoms with Crippen LogP contribution < -0.4 is 14.8 Å². The Labute approximate surface area is 232 Å². The van der Waals surface area contributed by atoms with Crippen LogP contribution in [0.1, 0.15) is 51.1 Å². The molecule has 40 heavy (non-hydrogen) atoms. The molecule has 0 bridgehead atoms. The highest BCUT2D eigenvalue weighted by Crippen LogP contribution is 2.34. The third kappa shape index (κ3) is 8.01. The minimum absolute atomic E-state index is 0.0148. The highest BCUT2D eigenvalue weighted by atomic mass is 35.5. The molecule has 0 radical (unpaired) electrons. The van der Waals surface area contributed by atoms with Crippen molar-refractivity contribution >= 4 is 29.7 Å². The van der Waals surface area contributed by atoms with E-state index in [0.717, 1.165) is 5.56 Å². The number of ether oxygens (including phenoxy) is 4. The SMILES string of the molecule is CC(C)(C)OC(=O)N1C[C@@H](NC(=O)C2=Cc3ccc(Cl)cc3OC2)CC[C@@H]1c1nnc(OCCOC(F)(F)F)o1. The average molecular weight is 589 g/mol. The molecule has 1 aromatic heterocycles. The summed E-state index contributed by atoms with van der Waals surface area (Å²) in [5, 5.41) is 11.1. The lowest BCUT2D eigenvalue weighted by atomic mass is 9.97. The Balaban J connectivity index is 1.43. The lowest BCUT2D eigenvalue weighted by Gasteiger charge is -2.38. The van der Waals surface area contributed by atoms with Crippen LogP contribution in [0.2, 0.25) is 5.02 Å². The summed E-state index contributed by atoms with van der Waals surface area (Å²) in [4.78, 5) is 27.5. The first kappa shape index (κ1) is 29.5. The first-order valence-electron chi connectivity index (χ1n) is 12.4. The minimum Gasteiger partial charge on any atom is -0.488 e. The van der Waals surface area contributed by atoms with Crippen LogP contribution in [0.25, 0.3) is 6.08 Å². The Morgan fingerprint density at radius 2 is 1.95 bits per heavy atom. The van der Waals surface area contributed by atoms with Crippen molar-refractivity contribution in [3.63, 3.8) is 0 Å². The summed E-state index contributed by atoms with van der Waals surface area (Å²) < 4.78 is 61.8. The van der Waals surface area contributed by atoms with E-state index in [1.807, 2.05) is 0 Å². The van der Waals surface area contributed by atoms with E-state index in [1.165, 1.54) is 4.90 Å². The number of likely N-dealkylation sites (tertiary alicyclic amines) is 1. The lowest BCUT2D eigenvalue weighted by molar-refractivity contribution is -0.325. The molecule has 2 atom stereocenters. The number of hydrogen-bond acceptors (Lipinski definition) is 9. The van der Waals surface area contributed by atoms with Crippen molar-refractivity contribution in [2.24, 2.45) is 0 Å². The van der Waals surface area contributed by atoms with Crippen LogP contribution in [-0.2, 0) is 14.3 Å². The van der Waals surface area contributed by atoms with Crippen molar-refractivity contribution < 1.29 is 46.1 Å². The standard InChI is InChI=1S/C25H28ClF3N4O7/c1-24(2,3)40-23(35)33-12-17(30-20(34)15-10-14-4-5-16(26)11-19(14)37-13-15)6-7-18(33)21-31-32-22(39-21)36-8-9-38-25(27,28)29/h4-5,10-11,17-18H,6-9,12-13H2,1-3H3,(H,30,34)/t17-,18+/m0/s1. The number of alkyl halides is 3. The molecule has 2 aliphatic heterocycles. The van der Waals surface area contributed by atoms with Crippen LogP contribution in [0.4, 0.5) is 18.0 Å². The van der Waals surface area contributed by atoms with Crippen LogP contribution in [0.3, 0.4) is 0 Å². The second kappa shape index (κ2) is 11.9. The van der Waals surface area contributed by atoms with Crippen molar-refractivity contribution in [1.29, 1.82) is 0 Å². The topological polar surface area (TPSA) is 125 Å². The predicted molar refractivity (Wildman–Crippen MR) is 134 cm³/mol. The molecule has 15 heteroatoms. The van der Waals surface area contributed by atoms with Crippen LogP contribution in [-0.4, -0.2) is 71.5 Å². The second-order valence-corrected chi connectivity index (χ2v) is 10.5. The van der Waals surface area contributed by atoms with Gasteiger partial charge < -0.3 is 23.9 Å². The first-order valence-corrected chi connectivity index (χ1v) is 12.8. The number of piperidine rings is 1. The smallest absolute Gasteiger partial charge is 0.488 e. The number of nitrogens with zero attached hydrogens (tertiary/aromatic N) is 3. The molecule has 2 aliphatic rings. The molecule has 1 N–H and O–H groups in total. The van der Waals surface area contributed by atoms with Crippen LogP contribution in [0, 0.1) is 0 Å². The predicted octanol–water partition coefficient (Wildman–Crippen LogP) is 4.67. The van der Waals surface area contributed by atoms with Crippen molar-refractivity contribution in [2.45, 2.75) is 57.7 Å². The number of benzene rings is 1. The maximum absolute atomic E-state index is 13.1. The summed E-state index contributed by atoms with van der Waals surface area (Å²) in [5.74, 6) is 0.250. The Bertz CT molecular complexity index is 1260. The number of rotatable bonds is 7. The van der Waals surface area contributed by atoms with Crippen LogP contribution >= 0.6 is 11.6 Å². The van der Waals surface area contributed by atoms with Gasteiger partial charge in [0.25, 0.3) is 5.91 Å². The van der Waals surface area contributed by atoms with E-state index in [1.54, 1.807) is 45.0 Å². The number of hydrogen-bond donors (Lipinski definition) is 1. The van der Waals surface area contributed by atoms with Gasteiger partial charge in [-0.25, -0.2) is 4.79 Å². The van der Waals surface area contributed by atoms with Crippen molar-refractivity contribution in [3.8, 4) is 11.8 Å². The van der Waals surface area contributed by atoms with Crippen LogP contribution in [0.15, 0.2) is 28.2 Å². The summed E-state index contributed by atoms with van der Waals surface area (Å²) in [6.07, 6.45) is -3.33. The molecule has 0 saturated carbocycles. The largest absolute Gasteiger partial charge is 0.522 e. The average Bonchev–Trinajstić information content (AvgIpc) is 3.33. The Kier molecular flexibility index (Phi) is 8.78. The van der Waals surface area contributed by atoms with Gasteiger partial charge in [0.05, 0.1) is 12.2 Å². The molecule has 1 fully saturated rings. The van der Waals surface area contributed by atoms with E-state index in [4.69, 9.17) is 30.2 Å². The number of nitrogens with one attached hydrogen (secondary N) is 1. The highest BCUT2D eigenvalue weighted by molar-refractivity contribution is 6.30. The van der Waals surface area contributed by atoms with E-state index in [9.17, 15) is 22.8 Å². The van der Waals surface area contributed by atoms with E-state index in [-0.39, 0.29) is 31.0 Å².